The van der Waals surface area contributed by atoms with Gasteiger partial charge in [0.25, 0.3) is 0 Å². The van der Waals surface area contributed by atoms with Crippen molar-refractivity contribution < 1.29 is 18.9 Å². The van der Waals surface area contributed by atoms with Crippen LogP contribution in [-0.4, -0.2) is 33.4 Å². The number of nitrogens with one attached hydrogen (secondary N) is 1. The van der Waals surface area contributed by atoms with Gasteiger partial charge in [0.15, 0.2) is 23.0 Å². The van der Waals surface area contributed by atoms with Crippen LogP contribution in [0.5, 0.6) is 23.0 Å². The van der Waals surface area contributed by atoms with Crippen molar-refractivity contribution in [2.75, 3.05) is 28.4 Å². The molecule has 1 N–H and O–H groups in total. The Balaban J connectivity index is 2.23. The van der Waals surface area contributed by atoms with E-state index in [-0.39, 0.29) is 0 Å². The minimum Gasteiger partial charge on any atom is -0.493 e. The summed E-state index contributed by atoms with van der Waals surface area (Å²) in [4.78, 5) is 0.343. The third kappa shape index (κ3) is 5.43. The van der Waals surface area contributed by atoms with Crippen LogP contribution in [0.15, 0.2) is 34.3 Å². The summed E-state index contributed by atoms with van der Waals surface area (Å²) in [6.45, 7) is 2.38. The normalized spacial score (nSPS) is 10.8. The van der Waals surface area contributed by atoms with Crippen LogP contribution in [-0.2, 0) is 6.54 Å². The fourth-order valence-corrected chi connectivity index (χ4v) is 3.74. The highest BCUT2D eigenvalue weighted by atomic mass is 79.9. The van der Waals surface area contributed by atoms with Crippen LogP contribution < -0.4 is 24.3 Å². The zero-order valence-corrected chi connectivity index (χ0v) is 19.9. The number of methoxy groups -OCH3 is 4. The minimum absolute atomic E-state index is 0.335. The van der Waals surface area contributed by atoms with Crippen LogP contribution in [0.1, 0.15) is 16.7 Å². The Labute approximate surface area is 190 Å². The summed E-state index contributed by atoms with van der Waals surface area (Å²) >= 11 is 8.89. The lowest BCUT2D eigenvalue weighted by Gasteiger charge is -2.14. The average molecular weight is 491 g/mol. The molecule has 2 rings (SSSR count). The standard InChI is InChI=1S/C22H23BrN2O4S/c1-13-6-15(10-18(26-2)20(13)28-4)12-25-22(30)16(11-24)7-14-8-17(23)21(29-5)19(9-14)27-3/h6-10H,12H2,1-5H3,(H,25,30). The minimum atomic E-state index is 0.335. The van der Waals surface area contributed by atoms with Crippen molar-refractivity contribution in [1.29, 1.82) is 5.26 Å². The fraction of sp³-hybridized carbons (Fsp3) is 0.273. The monoisotopic (exact) mass is 490 g/mol. The number of hydrogen-bond acceptors (Lipinski definition) is 6. The molecule has 0 aliphatic carbocycles. The SMILES string of the molecule is COc1cc(CNC(=S)C(C#N)=Cc2cc(Br)c(OC)c(OC)c2)cc(C)c1OC. The number of nitrogens with zero attached hydrogens (tertiary/aromatic N) is 1. The van der Waals surface area contributed by atoms with Gasteiger partial charge in [-0.3, -0.25) is 0 Å². The first kappa shape index (κ1) is 23.5. The molecule has 0 unspecified atom stereocenters. The highest BCUT2D eigenvalue weighted by molar-refractivity contribution is 9.10. The third-order valence-electron chi connectivity index (χ3n) is 4.31. The summed E-state index contributed by atoms with van der Waals surface area (Å²) in [6, 6.07) is 9.62. The zero-order valence-electron chi connectivity index (χ0n) is 17.5. The van der Waals surface area contributed by atoms with Gasteiger partial charge in [-0.05, 0) is 63.8 Å². The van der Waals surface area contributed by atoms with E-state index in [0.717, 1.165) is 16.7 Å². The van der Waals surface area contributed by atoms with Gasteiger partial charge in [-0.15, -0.1) is 0 Å². The Kier molecular flexibility index (Phi) is 8.51. The number of rotatable bonds is 8. The van der Waals surface area contributed by atoms with Crippen molar-refractivity contribution in [1.82, 2.24) is 5.32 Å². The molecule has 2 aromatic rings. The number of hydrogen-bond donors (Lipinski definition) is 1. The lowest BCUT2D eigenvalue weighted by atomic mass is 10.1. The van der Waals surface area contributed by atoms with Gasteiger partial charge >= 0.3 is 0 Å². The summed E-state index contributed by atoms with van der Waals surface area (Å²) in [7, 11) is 6.32. The van der Waals surface area contributed by atoms with Crippen molar-refractivity contribution >= 4 is 39.2 Å². The van der Waals surface area contributed by atoms with Gasteiger partial charge in [-0.25, -0.2) is 0 Å². The molecule has 2 aromatic carbocycles. The molecule has 0 aliphatic rings. The van der Waals surface area contributed by atoms with E-state index in [1.165, 1.54) is 0 Å². The smallest absolute Gasteiger partial charge is 0.174 e. The molecule has 0 fully saturated rings. The summed E-state index contributed by atoms with van der Waals surface area (Å²) < 4.78 is 22.1. The molecule has 158 valence electrons. The molecule has 0 amide bonds. The van der Waals surface area contributed by atoms with Crippen molar-refractivity contribution in [2.45, 2.75) is 13.5 Å². The van der Waals surface area contributed by atoms with E-state index >= 15 is 0 Å². The molecular weight excluding hydrogens is 468 g/mol. The number of halogens is 1. The van der Waals surface area contributed by atoms with Crippen LogP contribution >= 0.6 is 28.1 Å². The van der Waals surface area contributed by atoms with Gasteiger partial charge in [-0.2, -0.15) is 5.26 Å². The van der Waals surface area contributed by atoms with Crippen LogP contribution in [0.4, 0.5) is 0 Å². The van der Waals surface area contributed by atoms with Gasteiger partial charge in [0.1, 0.15) is 11.1 Å². The lowest BCUT2D eigenvalue weighted by molar-refractivity contribution is 0.352. The summed E-state index contributed by atoms with van der Waals surface area (Å²) in [6.07, 6.45) is 1.70. The van der Waals surface area contributed by atoms with Crippen molar-refractivity contribution in [3.8, 4) is 29.1 Å². The fourth-order valence-electron chi connectivity index (χ4n) is 2.94. The maximum Gasteiger partial charge on any atom is 0.174 e. The van der Waals surface area contributed by atoms with Crippen molar-refractivity contribution in [3.05, 3.63) is 51.0 Å². The van der Waals surface area contributed by atoms with E-state index in [1.54, 1.807) is 40.6 Å². The van der Waals surface area contributed by atoms with Gasteiger partial charge in [0, 0.05) is 6.54 Å². The molecule has 0 saturated carbocycles. The molecular formula is C22H23BrN2O4S. The predicted molar refractivity (Wildman–Crippen MR) is 125 cm³/mol. The molecule has 0 atom stereocenters. The highest BCUT2D eigenvalue weighted by Crippen LogP contribution is 2.37. The summed E-state index contributed by atoms with van der Waals surface area (Å²) in [5, 5.41) is 12.7. The first-order valence-electron chi connectivity index (χ1n) is 8.91. The molecule has 0 heterocycles. The molecule has 0 radical (unpaired) electrons. The first-order valence-corrected chi connectivity index (χ1v) is 10.1. The number of aryl methyl sites for hydroxylation is 1. The van der Waals surface area contributed by atoms with E-state index < -0.39 is 0 Å². The van der Waals surface area contributed by atoms with Crippen LogP contribution in [0.3, 0.4) is 0 Å². The average Bonchev–Trinajstić information content (AvgIpc) is 2.74. The quantitative estimate of drug-likeness (QED) is 0.323. The Morgan fingerprint density at radius 1 is 1.03 bits per heavy atom. The van der Waals surface area contributed by atoms with Crippen LogP contribution in [0.25, 0.3) is 6.08 Å². The second-order valence-electron chi connectivity index (χ2n) is 6.24. The van der Waals surface area contributed by atoms with E-state index in [2.05, 4.69) is 27.3 Å². The second-order valence-corrected chi connectivity index (χ2v) is 7.50. The number of nitriles is 1. The summed E-state index contributed by atoms with van der Waals surface area (Å²) in [5.41, 5.74) is 2.99. The Hall–Kier alpha value is -2.76. The Morgan fingerprint density at radius 2 is 1.67 bits per heavy atom. The van der Waals surface area contributed by atoms with E-state index in [1.807, 2.05) is 25.1 Å². The largest absolute Gasteiger partial charge is 0.493 e. The number of benzene rings is 2. The zero-order chi connectivity index (χ0) is 22.3. The Bertz CT molecular complexity index is 1020. The highest BCUT2D eigenvalue weighted by Gasteiger charge is 2.13. The lowest BCUT2D eigenvalue weighted by Crippen LogP contribution is -2.22. The second kappa shape index (κ2) is 10.9. The topological polar surface area (TPSA) is 72.7 Å². The van der Waals surface area contributed by atoms with Gasteiger partial charge in [-0.1, -0.05) is 18.3 Å². The number of ether oxygens (including phenoxy) is 4. The number of thiocarbonyl (C=S) groups is 1. The predicted octanol–water partition coefficient (Wildman–Crippen LogP) is 4.82. The summed E-state index contributed by atoms with van der Waals surface area (Å²) in [5.74, 6) is 2.47. The van der Waals surface area contributed by atoms with Gasteiger partial charge in [0.2, 0.25) is 0 Å². The molecule has 0 aliphatic heterocycles. The molecule has 6 nitrogen and oxygen atoms in total. The molecule has 8 heteroatoms. The maximum atomic E-state index is 9.60. The molecule has 0 spiro atoms. The van der Waals surface area contributed by atoms with Crippen LogP contribution in [0.2, 0.25) is 0 Å². The molecule has 0 bridgehead atoms. The van der Waals surface area contributed by atoms with Crippen molar-refractivity contribution in [3.63, 3.8) is 0 Å². The molecule has 0 aromatic heterocycles. The molecule has 0 saturated heterocycles. The third-order valence-corrected chi connectivity index (χ3v) is 5.26. The first-order chi connectivity index (χ1) is 14.4. The Morgan fingerprint density at radius 3 is 2.23 bits per heavy atom. The van der Waals surface area contributed by atoms with Gasteiger partial charge < -0.3 is 24.3 Å². The maximum absolute atomic E-state index is 9.60. The van der Waals surface area contributed by atoms with E-state index in [4.69, 9.17) is 31.2 Å². The van der Waals surface area contributed by atoms with Gasteiger partial charge in [0.05, 0.1) is 38.5 Å². The van der Waals surface area contributed by atoms with E-state index in [9.17, 15) is 5.26 Å². The molecule has 30 heavy (non-hydrogen) atoms. The van der Waals surface area contributed by atoms with Crippen LogP contribution in [0, 0.1) is 18.3 Å². The van der Waals surface area contributed by atoms with E-state index in [0.29, 0.717) is 44.6 Å². The van der Waals surface area contributed by atoms with Crippen molar-refractivity contribution in [2.24, 2.45) is 0 Å².